The number of hydrogen-bond acceptors (Lipinski definition) is 4. The van der Waals surface area contributed by atoms with E-state index in [0.29, 0.717) is 6.04 Å². The molecule has 0 aliphatic carbocycles. The lowest BCUT2D eigenvalue weighted by Gasteiger charge is -2.26. The monoisotopic (exact) mass is 305 g/mol. The fourth-order valence-corrected chi connectivity index (χ4v) is 3.69. The van der Waals surface area contributed by atoms with Crippen LogP contribution in [0, 0.1) is 6.92 Å². The summed E-state index contributed by atoms with van der Waals surface area (Å²) in [6.45, 7) is 2.67. The van der Waals surface area contributed by atoms with E-state index in [4.69, 9.17) is 11.6 Å². The summed E-state index contributed by atoms with van der Waals surface area (Å²) in [5, 5.41) is 4.39. The van der Waals surface area contributed by atoms with Crippen LogP contribution in [-0.4, -0.2) is 15.7 Å². The molecule has 1 aromatic heterocycles. The molecule has 20 heavy (non-hydrogen) atoms. The molecule has 2 heterocycles. The van der Waals surface area contributed by atoms with Crippen molar-refractivity contribution in [2.45, 2.75) is 30.8 Å². The molecule has 3 nitrogen and oxygen atoms in total. The van der Waals surface area contributed by atoms with Crippen molar-refractivity contribution in [2.24, 2.45) is 0 Å². The predicted octanol–water partition coefficient (Wildman–Crippen LogP) is 3.77. The second-order valence-corrected chi connectivity index (χ2v) is 6.42. The van der Waals surface area contributed by atoms with Crippen LogP contribution in [0.4, 0.5) is 0 Å². The lowest BCUT2D eigenvalue weighted by atomic mass is 10.0. The van der Waals surface area contributed by atoms with Crippen molar-refractivity contribution in [1.29, 1.82) is 0 Å². The molecule has 2 aromatic rings. The van der Waals surface area contributed by atoms with Gasteiger partial charge in [-0.25, -0.2) is 9.97 Å². The molecule has 0 radical (unpaired) electrons. The first-order valence-electron chi connectivity index (χ1n) is 6.66. The maximum atomic E-state index is 6.12. The number of aryl methyl sites for hydroxylation is 1. The van der Waals surface area contributed by atoms with Crippen LogP contribution in [0.15, 0.2) is 35.4 Å². The minimum absolute atomic E-state index is 0.347. The molecule has 1 aliphatic rings. The smallest absolute Gasteiger partial charge is 0.125 e. The number of nitrogens with zero attached hydrogens (tertiary/aromatic N) is 2. The zero-order chi connectivity index (χ0) is 13.9. The number of fused-ring (bicyclic) bond motifs is 1. The molecular weight excluding hydrogens is 290 g/mol. The summed E-state index contributed by atoms with van der Waals surface area (Å²) in [4.78, 5) is 9.88. The fourth-order valence-electron chi connectivity index (χ4n) is 2.41. The van der Waals surface area contributed by atoms with Crippen molar-refractivity contribution in [3.8, 4) is 0 Å². The normalized spacial score (nSPS) is 17.8. The second kappa shape index (κ2) is 6.12. The van der Waals surface area contributed by atoms with Gasteiger partial charge >= 0.3 is 0 Å². The van der Waals surface area contributed by atoms with Crippen LogP contribution in [0.2, 0.25) is 5.02 Å². The average Bonchev–Trinajstić information content (AvgIpc) is 2.45. The van der Waals surface area contributed by atoms with Gasteiger partial charge in [-0.3, -0.25) is 0 Å². The first-order valence-corrected chi connectivity index (χ1v) is 8.03. The second-order valence-electron chi connectivity index (χ2n) is 4.85. The molecule has 0 bridgehead atoms. The Morgan fingerprint density at radius 3 is 3.15 bits per heavy atom. The van der Waals surface area contributed by atoms with Gasteiger partial charge in [-0.05, 0) is 48.9 Å². The SMILES string of the molecule is Cc1nccc(CNC2CCSc3ccc(Cl)cc32)n1. The zero-order valence-electron chi connectivity index (χ0n) is 11.3. The Balaban J connectivity index is 1.75. The van der Waals surface area contributed by atoms with E-state index in [1.807, 2.05) is 30.8 Å². The van der Waals surface area contributed by atoms with Gasteiger partial charge in [-0.1, -0.05) is 11.6 Å². The molecule has 1 atom stereocenters. The largest absolute Gasteiger partial charge is 0.304 e. The van der Waals surface area contributed by atoms with Crippen molar-refractivity contribution in [2.75, 3.05) is 5.75 Å². The predicted molar refractivity (Wildman–Crippen MR) is 83.1 cm³/mol. The Labute approximate surface area is 128 Å². The van der Waals surface area contributed by atoms with Crippen LogP contribution < -0.4 is 5.32 Å². The Bertz CT molecular complexity index is 618. The van der Waals surface area contributed by atoms with Gasteiger partial charge < -0.3 is 5.32 Å². The van der Waals surface area contributed by atoms with E-state index in [0.717, 1.165) is 35.3 Å². The van der Waals surface area contributed by atoms with Crippen molar-refractivity contribution < 1.29 is 0 Å². The highest BCUT2D eigenvalue weighted by Gasteiger charge is 2.20. The highest BCUT2D eigenvalue weighted by atomic mass is 35.5. The van der Waals surface area contributed by atoms with E-state index in [2.05, 4.69) is 27.4 Å². The lowest BCUT2D eigenvalue weighted by Crippen LogP contribution is -2.24. The Morgan fingerprint density at radius 1 is 1.40 bits per heavy atom. The molecule has 5 heteroatoms. The quantitative estimate of drug-likeness (QED) is 0.937. The van der Waals surface area contributed by atoms with E-state index >= 15 is 0 Å². The van der Waals surface area contributed by atoms with Crippen molar-refractivity contribution in [3.05, 3.63) is 52.6 Å². The summed E-state index contributed by atoms with van der Waals surface area (Å²) in [5.74, 6) is 1.95. The van der Waals surface area contributed by atoms with Gasteiger partial charge in [-0.15, -0.1) is 11.8 Å². The number of rotatable bonds is 3. The average molecular weight is 306 g/mol. The summed E-state index contributed by atoms with van der Waals surface area (Å²) in [6.07, 6.45) is 2.92. The third kappa shape index (κ3) is 3.14. The summed E-state index contributed by atoms with van der Waals surface area (Å²) in [6, 6.07) is 8.46. The molecule has 1 N–H and O–H groups in total. The number of benzene rings is 1. The summed E-state index contributed by atoms with van der Waals surface area (Å²) in [5.41, 5.74) is 2.33. The fraction of sp³-hybridized carbons (Fsp3) is 0.333. The van der Waals surface area contributed by atoms with Crippen molar-refractivity contribution >= 4 is 23.4 Å². The van der Waals surface area contributed by atoms with Gasteiger partial charge in [-0.2, -0.15) is 0 Å². The zero-order valence-corrected chi connectivity index (χ0v) is 12.8. The van der Waals surface area contributed by atoms with E-state index in [1.165, 1.54) is 10.5 Å². The van der Waals surface area contributed by atoms with Crippen LogP contribution in [-0.2, 0) is 6.54 Å². The van der Waals surface area contributed by atoms with Crippen LogP contribution in [0.25, 0.3) is 0 Å². The molecular formula is C15H16ClN3S. The molecule has 0 amide bonds. The van der Waals surface area contributed by atoms with Gasteiger partial charge in [0.15, 0.2) is 0 Å². The third-order valence-corrected chi connectivity index (χ3v) is 4.73. The van der Waals surface area contributed by atoms with Crippen molar-refractivity contribution in [1.82, 2.24) is 15.3 Å². The van der Waals surface area contributed by atoms with Gasteiger partial charge in [0.1, 0.15) is 5.82 Å². The number of nitrogens with one attached hydrogen (secondary N) is 1. The Morgan fingerprint density at radius 2 is 2.30 bits per heavy atom. The number of hydrogen-bond donors (Lipinski definition) is 1. The van der Waals surface area contributed by atoms with Crippen LogP contribution in [0.3, 0.4) is 0 Å². The minimum Gasteiger partial charge on any atom is -0.304 e. The summed E-state index contributed by atoms with van der Waals surface area (Å²) in [7, 11) is 0. The number of halogens is 1. The maximum absolute atomic E-state index is 6.12. The Hall–Kier alpha value is -1.10. The molecule has 0 fully saturated rings. The van der Waals surface area contributed by atoms with E-state index in [-0.39, 0.29) is 0 Å². The van der Waals surface area contributed by atoms with Gasteiger partial charge in [0.05, 0.1) is 5.69 Å². The maximum Gasteiger partial charge on any atom is 0.125 e. The molecule has 0 saturated heterocycles. The lowest BCUT2D eigenvalue weighted by molar-refractivity contribution is 0.505. The number of thioether (sulfide) groups is 1. The molecule has 0 spiro atoms. The van der Waals surface area contributed by atoms with Crippen LogP contribution in [0.1, 0.15) is 29.5 Å². The van der Waals surface area contributed by atoms with Gasteiger partial charge in [0, 0.05) is 28.7 Å². The highest BCUT2D eigenvalue weighted by molar-refractivity contribution is 7.99. The summed E-state index contributed by atoms with van der Waals surface area (Å²) >= 11 is 8.02. The number of aromatic nitrogens is 2. The highest BCUT2D eigenvalue weighted by Crippen LogP contribution is 2.37. The molecule has 1 unspecified atom stereocenters. The van der Waals surface area contributed by atoms with Crippen LogP contribution >= 0.6 is 23.4 Å². The first kappa shape index (κ1) is 13.9. The molecule has 1 aliphatic heterocycles. The van der Waals surface area contributed by atoms with Gasteiger partial charge in [0.2, 0.25) is 0 Å². The topological polar surface area (TPSA) is 37.8 Å². The molecule has 0 saturated carbocycles. The van der Waals surface area contributed by atoms with Crippen LogP contribution in [0.5, 0.6) is 0 Å². The molecule has 3 rings (SSSR count). The standard InChI is InChI=1S/C15H16ClN3S/c1-10-17-6-4-12(19-10)9-18-14-5-7-20-15-3-2-11(16)8-13(14)15/h2-4,6,8,14,18H,5,7,9H2,1H3. The van der Waals surface area contributed by atoms with E-state index < -0.39 is 0 Å². The van der Waals surface area contributed by atoms with Crippen molar-refractivity contribution in [3.63, 3.8) is 0 Å². The van der Waals surface area contributed by atoms with Gasteiger partial charge in [0.25, 0.3) is 0 Å². The van der Waals surface area contributed by atoms with E-state index in [9.17, 15) is 0 Å². The molecule has 104 valence electrons. The Kier molecular flexibility index (Phi) is 4.24. The first-order chi connectivity index (χ1) is 9.72. The van der Waals surface area contributed by atoms with E-state index in [1.54, 1.807) is 6.20 Å². The summed E-state index contributed by atoms with van der Waals surface area (Å²) < 4.78 is 0. The minimum atomic E-state index is 0.347. The third-order valence-electron chi connectivity index (χ3n) is 3.37. The molecule has 1 aromatic carbocycles.